The smallest absolute Gasteiger partial charge is 0.261 e. The molecular weight excluding hydrogens is 362 g/mol. The van der Waals surface area contributed by atoms with Crippen molar-refractivity contribution in [1.29, 1.82) is 0 Å². The Morgan fingerprint density at radius 3 is 2.17 bits per heavy atom. The van der Waals surface area contributed by atoms with E-state index in [9.17, 15) is 9.59 Å². The van der Waals surface area contributed by atoms with Crippen LogP contribution in [0.3, 0.4) is 0 Å². The van der Waals surface area contributed by atoms with Crippen LogP contribution < -0.4 is 0 Å². The highest BCUT2D eigenvalue weighted by atomic mass is 16.2. The molecule has 1 saturated heterocycles. The summed E-state index contributed by atoms with van der Waals surface area (Å²) in [6, 6.07) is 16.6. The van der Waals surface area contributed by atoms with Crippen molar-refractivity contribution >= 4 is 11.8 Å². The molecule has 2 amide bonds. The van der Waals surface area contributed by atoms with Crippen molar-refractivity contribution in [2.45, 2.75) is 25.3 Å². The Labute approximate surface area is 171 Å². The standard InChI is InChI=1S/C24H27N3O2/c28-23-20-9-3-4-10-21(20)24(29)27(23)17-14-25-12-15-26(16-13-25)22-11-5-7-18-6-1-2-8-19(18)22/h1-4,6,8-10,22H,5,7,11-17H2/t22-/m0/s1. The van der Waals surface area contributed by atoms with Gasteiger partial charge in [0, 0.05) is 45.3 Å². The van der Waals surface area contributed by atoms with Crippen LogP contribution in [-0.4, -0.2) is 65.8 Å². The molecule has 0 unspecified atom stereocenters. The van der Waals surface area contributed by atoms with Crippen molar-refractivity contribution in [3.8, 4) is 0 Å². The molecule has 2 aromatic rings. The fourth-order valence-electron chi connectivity index (χ4n) is 5.09. The molecule has 1 atom stereocenters. The molecular formula is C24H27N3O2. The lowest BCUT2D eigenvalue weighted by Gasteiger charge is -2.41. The molecule has 2 aliphatic heterocycles. The Bertz CT molecular complexity index is 898. The van der Waals surface area contributed by atoms with Gasteiger partial charge < -0.3 is 0 Å². The van der Waals surface area contributed by atoms with E-state index in [4.69, 9.17) is 0 Å². The van der Waals surface area contributed by atoms with Crippen molar-refractivity contribution in [3.63, 3.8) is 0 Å². The SMILES string of the molecule is O=C1c2ccccc2C(=O)N1CCN1CCN([C@H]2CCCc3ccccc32)CC1. The van der Waals surface area contributed by atoms with Crippen LogP contribution in [0.2, 0.25) is 0 Å². The van der Waals surface area contributed by atoms with Crippen LogP contribution in [0.4, 0.5) is 0 Å². The minimum absolute atomic E-state index is 0.150. The van der Waals surface area contributed by atoms with E-state index in [2.05, 4.69) is 34.1 Å². The minimum Gasteiger partial charge on any atom is -0.299 e. The monoisotopic (exact) mass is 389 g/mol. The van der Waals surface area contributed by atoms with E-state index < -0.39 is 0 Å². The predicted octanol–water partition coefficient (Wildman–Crippen LogP) is 2.98. The number of amides is 2. The third-order valence-corrected chi connectivity index (χ3v) is 6.70. The molecule has 5 heteroatoms. The third kappa shape index (κ3) is 3.38. The first-order valence-corrected chi connectivity index (χ1v) is 10.7. The largest absolute Gasteiger partial charge is 0.299 e. The number of benzene rings is 2. The number of carbonyl (C=O) groups excluding carboxylic acids is 2. The number of hydrogen-bond donors (Lipinski definition) is 0. The maximum atomic E-state index is 12.5. The molecule has 0 N–H and O–H groups in total. The average Bonchev–Trinajstić information content (AvgIpc) is 3.02. The maximum Gasteiger partial charge on any atom is 0.261 e. The summed E-state index contributed by atoms with van der Waals surface area (Å²) >= 11 is 0. The van der Waals surface area contributed by atoms with E-state index >= 15 is 0 Å². The normalized spacial score (nSPS) is 22.6. The first kappa shape index (κ1) is 18.5. The zero-order chi connectivity index (χ0) is 19.8. The lowest BCUT2D eigenvalue weighted by molar-refractivity contribution is 0.0583. The lowest BCUT2D eigenvalue weighted by atomic mass is 9.86. The van der Waals surface area contributed by atoms with Crippen molar-refractivity contribution in [2.75, 3.05) is 39.3 Å². The van der Waals surface area contributed by atoms with Gasteiger partial charge in [0.25, 0.3) is 11.8 Å². The highest BCUT2D eigenvalue weighted by Crippen LogP contribution is 2.34. The summed E-state index contributed by atoms with van der Waals surface area (Å²) in [6.07, 6.45) is 3.71. The first-order chi connectivity index (χ1) is 14.2. The summed E-state index contributed by atoms with van der Waals surface area (Å²) in [4.78, 5) is 31.5. The van der Waals surface area contributed by atoms with Gasteiger partial charge >= 0.3 is 0 Å². The van der Waals surface area contributed by atoms with Gasteiger partial charge in [-0.25, -0.2) is 0 Å². The third-order valence-electron chi connectivity index (χ3n) is 6.70. The van der Waals surface area contributed by atoms with Crippen molar-refractivity contribution in [1.82, 2.24) is 14.7 Å². The number of carbonyl (C=O) groups is 2. The molecule has 150 valence electrons. The van der Waals surface area contributed by atoms with Gasteiger partial charge in [0.1, 0.15) is 0 Å². The molecule has 0 bridgehead atoms. The van der Waals surface area contributed by atoms with Gasteiger partial charge in [-0.15, -0.1) is 0 Å². The summed E-state index contributed by atoms with van der Waals surface area (Å²) in [7, 11) is 0. The van der Waals surface area contributed by atoms with Gasteiger partial charge in [0.05, 0.1) is 11.1 Å². The summed E-state index contributed by atoms with van der Waals surface area (Å²) < 4.78 is 0. The van der Waals surface area contributed by atoms with Crippen molar-refractivity contribution < 1.29 is 9.59 Å². The Kier molecular flexibility index (Phi) is 4.94. The van der Waals surface area contributed by atoms with Gasteiger partial charge in [-0.05, 0) is 42.5 Å². The van der Waals surface area contributed by atoms with Crippen LogP contribution in [0.1, 0.15) is 50.7 Å². The van der Waals surface area contributed by atoms with Crippen LogP contribution in [0.5, 0.6) is 0 Å². The zero-order valence-corrected chi connectivity index (χ0v) is 16.7. The number of aryl methyl sites for hydroxylation is 1. The van der Waals surface area contributed by atoms with Gasteiger partial charge in [0.15, 0.2) is 0 Å². The molecule has 0 spiro atoms. The van der Waals surface area contributed by atoms with E-state index in [-0.39, 0.29) is 11.8 Å². The van der Waals surface area contributed by atoms with E-state index in [1.807, 2.05) is 12.1 Å². The highest BCUT2D eigenvalue weighted by molar-refractivity contribution is 6.21. The Morgan fingerprint density at radius 2 is 1.45 bits per heavy atom. The van der Waals surface area contributed by atoms with Gasteiger partial charge in [-0.2, -0.15) is 0 Å². The lowest BCUT2D eigenvalue weighted by Crippen LogP contribution is -2.50. The highest BCUT2D eigenvalue weighted by Gasteiger charge is 2.35. The number of fused-ring (bicyclic) bond motifs is 2. The molecule has 29 heavy (non-hydrogen) atoms. The second-order valence-electron chi connectivity index (χ2n) is 8.29. The molecule has 1 aliphatic carbocycles. The summed E-state index contributed by atoms with van der Waals surface area (Å²) in [5.74, 6) is -0.300. The van der Waals surface area contributed by atoms with Crippen LogP contribution in [0.15, 0.2) is 48.5 Å². The predicted molar refractivity (Wildman–Crippen MR) is 112 cm³/mol. The van der Waals surface area contributed by atoms with Crippen molar-refractivity contribution in [2.24, 2.45) is 0 Å². The summed E-state index contributed by atoms with van der Waals surface area (Å²) in [5, 5.41) is 0. The molecule has 0 saturated carbocycles. The topological polar surface area (TPSA) is 43.9 Å². The summed E-state index contributed by atoms with van der Waals surface area (Å²) in [6.45, 7) is 5.28. The molecule has 2 heterocycles. The molecule has 0 radical (unpaired) electrons. The van der Waals surface area contributed by atoms with E-state index in [1.54, 1.807) is 12.1 Å². The quantitative estimate of drug-likeness (QED) is 0.754. The Hall–Kier alpha value is -2.50. The van der Waals surface area contributed by atoms with Gasteiger partial charge in [-0.1, -0.05) is 36.4 Å². The average molecular weight is 389 g/mol. The second kappa shape index (κ2) is 7.73. The van der Waals surface area contributed by atoms with Crippen LogP contribution in [-0.2, 0) is 6.42 Å². The number of piperazine rings is 1. The Morgan fingerprint density at radius 1 is 0.793 bits per heavy atom. The minimum atomic E-state index is -0.150. The van der Waals surface area contributed by atoms with E-state index in [0.29, 0.717) is 23.7 Å². The fourth-order valence-corrected chi connectivity index (χ4v) is 5.09. The molecule has 2 aromatic carbocycles. The molecule has 5 rings (SSSR count). The van der Waals surface area contributed by atoms with Gasteiger partial charge in [-0.3, -0.25) is 24.3 Å². The van der Waals surface area contributed by atoms with Crippen LogP contribution in [0, 0.1) is 0 Å². The maximum absolute atomic E-state index is 12.5. The molecule has 3 aliphatic rings. The summed E-state index contributed by atoms with van der Waals surface area (Å²) in [5.41, 5.74) is 4.10. The number of nitrogens with zero attached hydrogens (tertiary/aromatic N) is 3. The molecule has 0 aromatic heterocycles. The second-order valence-corrected chi connectivity index (χ2v) is 8.29. The molecule has 5 nitrogen and oxygen atoms in total. The fraction of sp³-hybridized carbons (Fsp3) is 0.417. The van der Waals surface area contributed by atoms with E-state index in [1.165, 1.54) is 35.3 Å². The van der Waals surface area contributed by atoms with Crippen molar-refractivity contribution in [3.05, 3.63) is 70.8 Å². The van der Waals surface area contributed by atoms with Gasteiger partial charge in [0.2, 0.25) is 0 Å². The number of hydrogen-bond acceptors (Lipinski definition) is 4. The number of imide groups is 1. The van der Waals surface area contributed by atoms with Crippen LogP contribution in [0.25, 0.3) is 0 Å². The zero-order valence-electron chi connectivity index (χ0n) is 16.7. The number of rotatable bonds is 4. The van der Waals surface area contributed by atoms with Crippen LogP contribution >= 0.6 is 0 Å². The Balaban J connectivity index is 1.17. The molecule has 1 fully saturated rings. The first-order valence-electron chi connectivity index (χ1n) is 10.7. The van der Waals surface area contributed by atoms with E-state index in [0.717, 1.165) is 32.7 Å².